The Kier molecular flexibility index (Phi) is 4.63. The second kappa shape index (κ2) is 6.65. The third kappa shape index (κ3) is 3.62. The quantitative estimate of drug-likeness (QED) is 0.761. The summed E-state index contributed by atoms with van der Waals surface area (Å²) >= 11 is 0. The molecule has 0 fully saturated rings. The Morgan fingerprint density at radius 2 is 2.16 bits per heavy atom. The van der Waals surface area contributed by atoms with E-state index in [1.54, 1.807) is 18.7 Å². The molecular weight excluding hydrogens is 240 g/mol. The zero-order valence-corrected chi connectivity index (χ0v) is 11.2. The molecule has 2 heterocycles. The molecule has 0 saturated carbocycles. The molecule has 6 nitrogen and oxygen atoms in total. The summed E-state index contributed by atoms with van der Waals surface area (Å²) in [5, 5.41) is 6.31. The van der Waals surface area contributed by atoms with Crippen LogP contribution in [0.3, 0.4) is 0 Å². The van der Waals surface area contributed by atoms with E-state index in [2.05, 4.69) is 25.6 Å². The van der Waals surface area contributed by atoms with Crippen molar-refractivity contribution in [3.8, 4) is 0 Å². The van der Waals surface area contributed by atoms with Gasteiger partial charge < -0.3 is 15.5 Å². The van der Waals surface area contributed by atoms with Crippen molar-refractivity contribution in [2.75, 3.05) is 37.4 Å². The van der Waals surface area contributed by atoms with Gasteiger partial charge in [-0.15, -0.1) is 0 Å². The number of hydrogen-bond acceptors (Lipinski definition) is 6. The fraction of sp³-hybridized carbons (Fsp3) is 0.308. The number of rotatable bonds is 6. The first-order valence-electron chi connectivity index (χ1n) is 6.15. The first kappa shape index (κ1) is 13.2. The summed E-state index contributed by atoms with van der Waals surface area (Å²) in [6.07, 6.45) is 5.11. The van der Waals surface area contributed by atoms with E-state index in [-0.39, 0.29) is 0 Å². The molecule has 0 atom stereocenters. The van der Waals surface area contributed by atoms with Crippen molar-refractivity contribution in [3.05, 3.63) is 36.9 Å². The van der Waals surface area contributed by atoms with Crippen LogP contribution in [0.1, 0.15) is 0 Å². The summed E-state index contributed by atoms with van der Waals surface area (Å²) < 4.78 is 0. The minimum Gasteiger partial charge on any atom is -0.369 e. The van der Waals surface area contributed by atoms with Gasteiger partial charge in [-0.1, -0.05) is 0 Å². The number of hydrogen-bond donors (Lipinski definition) is 2. The smallest absolute Gasteiger partial charge is 0.138 e. The van der Waals surface area contributed by atoms with Gasteiger partial charge in [-0.25, -0.2) is 9.97 Å². The maximum atomic E-state index is 4.28. The molecule has 0 aliphatic heterocycles. The van der Waals surface area contributed by atoms with E-state index < -0.39 is 0 Å². The molecule has 19 heavy (non-hydrogen) atoms. The summed E-state index contributed by atoms with van der Waals surface area (Å²) in [5.74, 6) is 1.64. The minimum atomic E-state index is 0.816. The van der Waals surface area contributed by atoms with Crippen LogP contribution >= 0.6 is 0 Å². The topological polar surface area (TPSA) is 66.0 Å². The van der Waals surface area contributed by atoms with Crippen molar-refractivity contribution in [2.24, 2.45) is 0 Å². The van der Waals surface area contributed by atoms with E-state index in [0.717, 1.165) is 30.4 Å². The molecule has 2 aromatic rings. The molecule has 0 aromatic carbocycles. The van der Waals surface area contributed by atoms with Gasteiger partial charge in [-0.2, -0.15) is 0 Å². The van der Waals surface area contributed by atoms with Gasteiger partial charge in [0.15, 0.2) is 0 Å². The van der Waals surface area contributed by atoms with Crippen LogP contribution in [-0.2, 0) is 0 Å². The van der Waals surface area contributed by atoms with Crippen LogP contribution in [0.15, 0.2) is 36.9 Å². The average Bonchev–Trinajstić information content (AvgIpc) is 2.48. The van der Waals surface area contributed by atoms with Crippen molar-refractivity contribution in [1.82, 2.24) is 20.3 Å². The Hall–Kier alpha value is -2.21. The molecule has 100 valence electrons. The van der Waals surface area contributed by atoms with Gasteiger partial charge in [0.25, 0.3) is 0 Å². The second-order valence-electron chi connectivity index (χ2n) is 4.06. The highest BCUT2D eigenvalue weighted by molar-refractivity contribution is 5.60. The number of likely N-dealkylation sites (N-methyl/N-ethyl adjacent to an activating group) is 1. The Morgan fingerprint density at radius 3 is 2.89 bits per heavy atom. The van der Waals surface area contributed by atoms with Gasteiger partial charge in [0.1, 0.15) is 18.0 Å². The lowest BCUT2D eigenvalue weighted by atomic mass is 10.3. The number of pyridine rings is 1. The molecule has 0 aliphatic rings. The molecule has 0 saturated heterocycles. The van der Waals surface area contributed by atoms with Gasteiger partial charge in [0, 0.05) is 32.4 Å². The van der Waals surface area contributed by atoms with Gasteiger partial charge in [-0.3, -0.25) is 4.98 Å². The number of anilines is 3. The SMILES string of the molecule is CNCCNc1cc(N(C)c2cccnc2)ncn1. The van der Waals surface area contributed by atoms with E-state index in [9.17, 15) is 0 Å². The largest absolute Gasteiger partial charge is 0.369 e. The van der Waals surface area contributed by atoms with Crippen molar-refractivity contribution in [1.29, 1.82) is 0 Å². The third-order valence-electron chi connectivity index (χ3n) is 2.71. The van der Waals surface area contributed by atoms with Crippen LogP contribution in [-0.4, -0.2) is 42.1 Å². The number of aromatic nitrogens is 3. The molecule has 0 unspecified atom stereocenters. The summed E-state index contributed by atoms with van der Waals surface area (Å²) in [7, 11) is 3.87. The predicted octanol–water partition coefficient (Wildman–Crippen LogP) is 1.27. The Morgan fingerprint density at radius 1 is 1.26 bits per heavy atom. The van der Waals surface area contributed by atoms with Crippen LogP contribution in [0.4, 0.5) is 17.3 Å². The minimum absolute atomic E-state index is 0.816. The van der Waals surface area contributed by atoms with Crippen LogP contribution in [0.2, 0.25) is 0 Å². The van der Waals surface area contributed by atoms with Crippen LogP contribution in [0.5, 0.6) is 0 Å². The first-order chi connectivity index (χ1) is 9.31. The van der Waals surface area contributed by atoms with Crippen molar-refractivity contribution < 1.29 is 0 Å². The molecule has 0 bridgehead atoms. The molecule has 2 aromatic heterocycles. The fourth-order valence-electron chi connectivity index (χ4n) is 1.63. The van der Waals surface area contributed by atoms with E-state index >= 15 is 0 Å². The third-order valence-corrected chi connectivity index (χ3v) is 2.71. The van der Waals surface area contributed by atoms with Gasteiger partial charge in [-0.05, 0) is 19.2 Å². The second-order valence-corrected chi connectivity index (χ2v) is 4.06. The van der Waals surface area contributed by atoms with Crippen LogP contribution in [0.25, 0.3) is 0 Å². The van der Waals surface area contributed by atoms with Crippen molar-refractivity contribution >= 4 is 17.3 Å². The molecule has 0 amide bonds. The van der Waals surface area contributed by atoms with Gasteiger partial charge >= 0.3 is 0 Å². The summed E-state index contributed by atoms with van der Waals surface area (Å²) in [6.45, 7) is 1.71. The average molecular weight is 258 g/mol. The highest BCUT2D eigenvalue weighted by atomic mass is 15.2. The maximum Gasteiger partial charge on any atom is 0.138 e. The molecular formula is C13H18N6. The van der Waals surface area contributed by atoms with Crippen molar-refractivity contribution in [3.63, 3.8) is 0 Å². The molecule has 2 N–H and O–H groups in total. The zero-order valence-electron chi connectivity index (χ0n) is 11.2. The predicted molar refractivity (Wildman–Crippen MR) is 76.7 cm³/mol. The lowest BCUT2D eigenvalue weighted by molar-refractivity contribution is 0.820. The molecule has 6 heteroatoms. The Bertz CT molecular complexity index is 501. The van der Waals surface area contributed by atoms with Crippen LogP contribution in [0, 0.1) is 0 Å². The summed E-state index contributed by atoms with van der Waals surface area (Å²) in [5.41, 5.74) is 0.988. The summed E-state index contributed by atoms with van der Waals surface area (Å²) in [6, 6.07) is 5.81. The molecule has 0 radical (unpaired) electrons. The maximum absolute atomic E-state index is 4.28. The summed E-state index contributed by atoms with van der Waals surface area (Å²) in [4.78, 5) is 14.5. The lowest BCUT2D eigenvalue weighted by Gasteiger charge is -2.18. The van der Waals surface area contributed by atoms with E-state index in [4.69, 9.17) is 0 Å². The van der Waals surface area contributed by atoms with E-state index in [0.29, 0.717) is 0 Å². The first-order valence-corrected chi connectivity index (χ1v) is 6.15. The standard InChI is InChI=1S/C13H18N6/c1-14-6-7-16-12-8-13(18-10-17-12)19(2)11-4-3-5-15-9-11/h3-5,8-10,14H,6-7H2,1-2H3,(H,16,17,18). The number of nitrogens with zero attached hydrogens (tertiary/aromatic N) is 4. The zero-order chi connectivity index (χ0) is 13.5. The van der Waals surface area contributed by atoms with Crippen molar-refractivity contribution in [2.45, 2.75) is 0 Å². The van der Waals surface area contributed by atoms with Crippen LogP contribution < -0.4 is 15.5 Å². The molecule has 0 spiro atoms. The van der Waals surface area contributed by atoms with Gasteiger partial charge in [0.2, 0.25) is 0 Å². The molecule has 2 rings (SSSR count). The van der Waals surface area contributed by atoms with E-state index in [1.165, 1.54) is 0 Å². The highest BCUT2D eigenvalue weighted by Gasteiger charge is 2.06. The van der Waals surface area contributed by atoms with Gasteiger partial charge in [0.05, 0.1) is 11.9 Å². The monoisotopic (exact) mass is 258 g/mol. The Labute approximate surface area is 112 Å². The lowest BCUT2D eigenvalue weighted by Crippen LogP contribution is -2.18. The van der Waals surface area contributed by atoms with E-state index in [1.807, 2.05) is 37.2 Å². The molecule has 0 aliphatic carbocycles. The Balaban J connectivity index is 2.10. The normalized spacial score (nSPS) is 10.2. The fourth-order valence-corrected chi connectivity index (χ4v) is 1.63. The number of nitrogens with one attached hydrogen (secondary N) is 2. The highest BCUT2D eigenvalue weighted by Crippen LogP contribution is 2.21.